The molecule has 114 valence electrons. The van der Waals surface area contributed by atoms with Gasteiger partial charge in [-0.1, -0.05) is 25.1 Å². The summed E-state index contributed by atoms with van der Waals surface area (Å²) in [6, 6.07) is 7.38. The van der Waals surface area contributed by atoms with Crippen LogP contribution >= 0.6 is 0 Å². The van der Waals surface area contributed by atoms with Crippen molar-refractivity contribution in [1.29, 1.82) is 0 Å². The van der Waals surface area contributed by atoms with E-state index in [-0.39, 0.29) is 19.6 Å². The van der Waals surface area contributed by atoms with Gasteiger partial charge in [-0.15, -0.1) is 0 Å². The third kappa shape index (κ3) is 3.32. The summed E-state index contributed by atoms with van der Waals surface area (Å²) in [6.45, 7) is 1.45. The molecule has 6 heteroatoms. The number of carboxylic acid groups (broad SMARTS) is 1. The number of nitrogens with zero attached hydrogens (tertiary/aromatic N) is 1. The first kappa shape index (κ1) is 15.3. The molecule has 1 aromatic rings. The first-order chi connectivity index (χ1) is 9.96. The van der Waals surface area contributed by atoms with Gasteiger partial charge >= 0.3 is 5.97 Å². The molecule has 1 N–H and O–H groups in total. The highest BCUT2D eigenvalue weighted by Gasteiger charge is 2.46. The Morgan fingerprint density at radius 3 is 2.76 bits per heavy atom. The van der Waals surface area contributed by atoms with Crippen molar-refractivity contribution in [3.63, 3.8) is 0 Å². The van der Waals surface area contributed by atoms with Gasteiger partial charge in [-0.2, -0.15) is 0 Å². The molecule has 0 spiro atoms. The summed E-state index contributed by atoms with van der Waals surface area (Å²) >= 11 is 0. The lowest BCUT2D eigenvalue weighted by molar-refractivity contribution is -0.150. The molecule has 0 aliphatic carbocycles. The van der Waals surface area contributed by atoms with Crippen LogP contribution < -0.4 is 4.74 Å². The number of para-hydroxylation sites is 1. The SMILES string of the molecule is CCc1ccccc1OCC(=O)N1CCC(F)(C(=O)O)C1. The van der Waals surface area contributed by atoms with Crippen molar-refractivity contribution in [3.8, 4) is 5.75 Å². The number of carbonyl (C=O) groups is 2. The summed E-state index contributed by atoms with van der Waals surface area (Å²) in [6.07, 6.45) is 0.598. The van der Waals surface area contributed by atoms with Crippen LogP contribution in [0.5, 0.6) is 5.75 Å². The fourth-order valence-corrected chi connectivity index (χ4v) is 2.33. The zero-order valence-electron chi connectivity index (χ0n) is 11.8. The van der Waals surface area contributed by atoms with Crippen molar-refractivity contribution in [1.82, 2.24) is 4.90 Å². The predicted molar refractivity (Wildman–Crippen MR) is 74.0 cm³/mol. The number of aryl methyl sites for hydroxylation is 1. The fourth-order valence-electron chi connectivity index (χ4n) is 2.33. The van der Waals surface area contributed by atoms with E-state index in [1.165, 1.54) is 4.90 Å². The van der Waals surface area contributed by atoms with Gasteiger partial charge in [0.15, 0.2) is 6.61 Å². The Morgan fingerprint density at radius 2 is 2.14 bits per heavy atom. The largest absolute Gasteiger partial charge is 0.483 e. The second kappa shape index (κ2) is 6.11. The van der Waals surface area contributed by atoms with Crippen LogP contribution in [0.2, 0.25) is 0 Å². The topological polar surface area (TPSA) is 66.8 Å². The minimum Gasteiger partial charge on any atom is -0.483 e. The molecule has 1 aromatic carbocycles. The summed E-state index contributed by atoms with van der Waals surface area (Å²) < 4.78 is 19.4. The van der Waals surface area contributed by atoms with E-state index >= 15 is 0 Å². The van der Waals surface area contributed by atoms with Gasteiger partial charge < -0.3 is 14.7 Å². The zero-order valence-corrected chi connectivity index (χ0v) is 11.8. The second-order valence-electron chi connectivity index (χ2n) is 5.09. The predicted octanol–water partition coefficient (Wildman–Crippen LogP) is 1.65. The minimum atomic E-state index is -2.34. The molecular weight excluding hydrogens is 277 g/mol. The first-order valence-electron chi connectivity index (χ1n) is 6.87. The molecule has 1 aliphatic rings. The number of hydrogen-bond acceptors (Lipinski definition) is 3. The Kier molecular flexibility index (Phi) is 4.45. The van der Waals surface area contributed by atoms with Crippen molar-refractivity contribution in [3.05, 3.63) is 29.8 Å². The highest BCUT2D eigenvalue weighted by Crippen LogP contribution is 2.26. The molecule has 1 heterocycles. The van der Waals surface area contributed by atoms with Crippen LogP contribution in [0.4, 0.5) is 4.39 Å². The number of amides is 1. The third-order valence-electron chi connectivity index (χ3n) is 3.66. The number of benzene rings is 1. The average molecular weight is 295 g/mol. The molecule has 1 fully saturated rings. The van der Waals surface area contributed by atoms with E-state index in [0.717, 1.165) is 12.0 Å². The minimum absolute atomic E-state index is 0.0976. The molecule has 2 rings (SSSR count). The standard InChI is InChI=1S/C15H18FNO4/c1-2-11-5-3-4-6-12(11)21-9-13(18)17-8-7-15(16,10-17)14(19)20/h3-6H,2,7-10H2,1H3,(H,19,20). The zero-order chi connectivity index (χ0) is 15.5. The molecule has 0 saturated carbocycles. The summed E-state index contributed by atoms with van der Waals surface area (Å²) in [7, 11) is 0. The van der Waals surface area contributed by atoms with Gasteiger partial charge in [-0.3, -0.25) is 4.79 Å². The highest BCUT2D eigenvalue weighted by molar-refractivity contribution is 5.83. The lowest BCUT2D eigenvalue weighted by atomic mass is 10.1. The van der Waals surface area contributed by atoms with Crippen LogP contribution in [0.15, 0.2) is 24.3 Å². The van der Waals surface area contributed by atoms with Crippen molar-refractivity contribution < 1.29 is 23.8 Å². The number of rotatable bonds is 5. The van der Waals surface area contributed by atoms with E-state index in [1.54, 1.807) is 6.07 Å². The molecule has 1 saturated heterocycles. The number of likely N-dealkylation sites (tertiary alicyclic amines) is 1. The molecule has 0 bridgehead atoms. The van der Waals surface area contributed by atoms with Crippen LogP contribution in [0.1, 0.15) is 18.9 Å². The Balaban J connectivity index is 1.93. The fraction of sp³-hybridized carbons (Fsp3) is 0.467. The number of alkyl halides is 1. The van der Waals surface area contributed by atoms with Crippen LogP contribution in [-0.4, -0.2) is 47.2 Å². The van der Waals surface area contributed by atoms with Crippen LogP contribution in [0, 0.1) is 0 Å². The van der Waals surface area contributed by atoms with Crippen LogP contribution in [0.3, 0.4) is 0 Å². The van der Waals surface area contributed by atoms with Crippen molar-refractivity contribution in [2.75, 3.05) is 19.7 Å². The molecule has 0 radical (unpaired) electrons. The molecule has 1 atom stereocenters. The molecular formula is C15H18FNO4. The quantitative estimate of drug-likeness (QED) is 0.897. The van der Waals surface area contributed by atoms with Crippen molar-refractivity contribution >= 4 is 11.9 Å². The Bertz CT molecular complexity index is 548. The smallest absolute Gasteiger partial charge is 0.343 e. The molecule has 0 aromatic heterocycles. The van der Waals surface area contributed by atoms with Gasteiger partial charge in [0.25, 0.3) is 5.91 Å². The van der Waals surface area contributed by atoms with E-state index < -0.39 is 24.1 Å². The van der Waals surface area contributed by atoms with E-state index in [9.17, 15) is 14.0 Å². The molecule has 1 amide bonds. The molecule has 21 heavy (non-hydrogen) atoms. The summed E-state index contributed by atoms with van der Waals surface area (Å²) in [4.78, 5) is 24.0. The van der Waals surface area contributed by atoms with Gasteiger partial charge in [-0.25, -0.2) is 9.18 Å². The number of carboxylic acids is 1. The lowest BCUT2D eigenvalue weighted by Gasteiger charge is -2.18. The second-order valence-corrected chi connectivity index (χ2v) is 5.09. The monoisotopic (exact) mass is 295 g/mol. The Morgan fingerprint density at radius 1 is 1.43 bits per heavy atom. The average Bonchev–Trinajstić information content (AvgIpc) is 2.89. The maximum atomic E-state index is 13.9. The Hall–Kier alpha value is -2.11. The van der Waals surface area contributed by atoms with Gasteiger partial charge in [0.1, 0.15) is 5.75 Å². The maximum absolute atomic E-state index is 13.9. The van der Waals surface area contributed by atoms with Crippen LogP contribution in [-0.2, 0) is 16.0 Å². The van der Waals surface area contributed by atoms with Crippen LogP contribution in [0.25, 0.3) is 0 Å². The number of ether oxygens (including phenoxy) is 1. The van der Waals surface area contributed by atoms with Gasteiger partial charge in [0, 0.05) is 13.0 Å². The van der Waals surface area contributed by atoms with Gasteiger partial charge in [0.2, 0.25) is 5.67 Å². The van der Waals surface area contributed by atoms with E-state index in [4.69, 9.17) is 9.84 Å². The van der Waals surface area contributed by atoms with Gasteiger partial charge in [0.05, 0.1) is 6.54 Å². The summed E-state index contributed by atoms with van der Waals surface area (Å²) in [5, 5.41) is 8.80. The summed E-state index contributed by atoms with van der Waals surface area (Å²) in [5.74, 6) is -1.30. The number of aliphatic carboxylic acids is 1. The number of halogens is 1. The van der Waals surface area contributed by atoms with Crippen molar-refractivity contribution in [2.45, 2.75) is 25.4 Å². The maximum Gasteiger partial charge on any atom is 0.343 e. The van der Waals surface area contributed by atoms with E-state index in [2.05, 4.69) is 0 Å². The van der Waals surface area contributed by atoms with E-state index in [0.29, 0.717) is 5.75 Å². The Labute approximate surface area is 122 Å². The molecule has 5 nitrogen and oxygen atoms in total. The van der Waals surface area contributed by atoms with Gasteiger partial charge in [-0.05, 0) is 18.1 Å². The van der Waals surface area contributed by atoms with Crippen molar-refractivity contribution in [2.24, 2.45) is 0 Å². The number of hydrogen-bond donors (Lipinski definition) is 1. The lowest BCUT2D eigenvalue weighted by Crippen LogP contribution is -2.40. The first-order valence-corrected chi connectivity index (χ1v) is 6.87. The normalized spacial score (nSPS) is 21.3. The van der Waals surface area contributed by atoms with E-state index in [1.807, 2.05) is 25.1 Å². The number of carbonyl (C=O) groups excluding carboxylic acids is 1. The third-order valence-corrected chi connectivity index (χ3v) is 3.66. The molecule has 1 unspecified atom stereocenters. The highest BCUT2D eigenvalue weighted by atomic mass is 19.1. The molecule has 1 aliphatic heterocycles. The summed E-state index contributed by atoms with van der Waals surface area (Å²) in [5.41, 5.74) is -1.35.